The number of fused-ring (bicyclic) bond motifs is 2. The van der Waals surface area contributed by atoms with Crippen LogP contribution >= 0.6 is 0 Å². The lowest BCUT2D eigenvalue weighted by Crippen LogP contribution is -2.66. The first-order chi connectivity index (χ1) is 18.2. The molecule has 3 aromatic rings. The minimum Gasteiger partial charge on any atom is -0.383 e. The topological polar surface area (TPSA) is 119 Å². The molecule has 2 unspecified atom stereocenters. The Morgan fingerprint density at radius 1 is 1.18 bits per heavy atom. The van der Waals surface area contributed by atoms with E-state index >= 15 is 0 Å². The van der Waals surface area contributed by atoms with Crippen LogP contribution in [0.2, 0.25) is 0 Å². The highest BCUT2D eigenvalue weighted by molar-refractivity contribution is 5.89. The van der Waals surface area contributed by atoms with E-state index in [1.165, 1.54) is 12.1 Å². The van der Waals surface area contributed by atoms with Crippen molar-refractivity contribution in [2.75, 3.05) is 38.5 Å². The number of aromatic nitrogens is 1. The van der Waals surface area contributed by atoms with Crippen LogP contribution in [0.5, 0.6) is 0 Å². The summed E-state index contributed by atoms with van der Waals surface area (Å²) in [5.74, 6) is -0.938. The molecule has 0 spiro atoms. The van der Waals surface area contributed by atoms with Crippen molar-refractivity contribution in [3.05, 3.63) is 82.9 Å². The van der Waals surface area contributed by atoms with Gasteiger partial charge in [0.2, 0.25) is 0 Å². The van der Waals surface area contributed by atoms with Gasteiger partial charge in [-0.25, -0.2) is 9.18 Å². The molecule has 4 N–H and O–H groups in total. The number of urea groups is 1. The molecule has 2 aromatic carbocycles. The quantitative estimate of drug-likeness (QED) is 0.491. The van der Waals surface area contributed by atoms with E-state index in [9.17, 15) is 19.6 Å². The second kappa shape index (κ2) is 10.1. The summed E-state index contributed by atoms with van der Waals surface area (Å²) in [7, 11) is 2.01. The van der Waals surface area contributed by atoms with Gasteiger partial charge in [0, 0.05) is 67.6 Å². The molecule has 38 heavy (non-hydrogen) atoms. The number of carbonyl (C=O) groups excluding carboxylic acids is 1. The summed E-state index contributed by atoms with van der Waals surface area (Å²) in [4.78, 5) is 21.6. The Balaban J connectivity index is 1.39. The third kappa shape index (κ3) is 4.74. The van der Waals surface area contributed by atoms with E-state index in [1.54, 1.807) is 30.2 Å². The van der Waals surface area contributed by atoms with Gasteiger partial charge in [-0.05, 0) is 55.4 Å². The second-order valence-corrected chi connectivity index (χ2v) is 10.4. The largest absolute Gasteiger partial charge is 0.383 e. The van der Waals surface area contributed by atoms with Crippen molar-refractivity contribution in [3.63, 3.8) is 0 Å². The van der Waals surface area contributed by atoms with Crippen molar-refractivity contribution in [3.8, 4) is 17.2 Å². The molecule has 2 aliphatic rings. The van der Waals surface area contributed by atoms with Crippen molar-refractivity contribution in [1.29, 1.82) is 5.26 Å². The van der Waals surface area contributed by atoms with Gasteiger partial charge in [0.25, 0.3) is 0 Å². The van der Waals surface area contributed by atoms with Crippen LogP contribution in [-0.2, 0) is 12.1 Å². The summed E-state index contributed by atoms with van der Waals surface area (Å²) >= 11 is 0. The normalized spacial score (nSPS) is 23.1. The van der Waals surface area contributed by atoms with E-state index in [4.69, 9.17) is 5.73 Å². The lowest BCUT2D eigenvalue weighted by atomic mass is 9.68. The number of piperidine rings is 2. The minimum absolute atomic E-state index is 0.267. The number of likely N-dealkylation sites (tertiary alicyclic amines) is 2. The molecular weight excluding hydrogens is 483 g/mol. The fourth-order valence-electron chi connectivity index (χ4n) is 5.89. The highest BCUT2D eigenvalue weighted by atomic mass is 19.1. The summed E-state index contributed by atoms with van der Waals surface area (Å²) < 4.78 is 13.8. The van der Waals surface area contributed by atoms with Crippen LogP contribution < -0.4 is 11.1 Å². The molecule has 0 radical (unpaired) electrons. The van der Waals surface area contributed by atoms with Gasteiger partial charge < -0.3 is 26.0 Å². The maximum atomic E-state index is 13.8. The molecule has 1 aromatic heterocycles. The number of amides is 2. The summed E-state index contributed by atoms with van der Waals surface area (Å²) in [5.41, 5.74) is 9.13. The predicted octanol–water partition coefficient (Wildman–Crippen LogP) is 3.44. The summed E-state index contributed by atoms with van der Waals surface area (Å²) in [6, 6.07) is 15.6. The highest BCUT2D eigenvalue weighted by Crippen LogP contribution is 2.44. The molecule has 0 saturated carbocycles. The first kappa shape index (κ1) is 25.8. The Labute approximate surface area is 221 Å². The molecule has 2 saturated heterocycles. The number of nitriles is 1. The van der Waals surface area contributed by atoms with Crippen LogP contribution in [0, 0.1) is 35.9 Å². The second-order valence-electron chi connectivity index (χ2n) is 10.4. The SMILES string of the molecule is Cc1cc(F)cc(NC(=O)N2CC3CN(C)CC(C2)C3(O)c2ccc(-c3ccc(CN)cc3C#N)cn2)c1. The smallest absolute Gasteiger partial charge is 0.321 e. The number of aliphatic hydroxyl groups is 1. The number of anilines is 1. The molecule has 2 amide bonds. The van der Waals surface area contributed by atoms with E-state index in [-0.39, 0.29) is 17.9 Å². The average molecular weight is 515 g/mol. The zero-order valence-electron chi connectivity index (χ0n) is 21.5. The molecule has 2 bridgehead atoms. The number of benzene rings is 2. The number of pyridine rings is 1. The van der Waals surface area contributed by atoms with Crippen molar-refractivity contribution in [2.24, 2.45) is 17.6 Å². The van der Waals surface area contributed by atoms with Gasteiger partial charge in [0.1, 0.15) is 11.4 Å². The number of carbonyl (C=O) groups is 1. The van der Waals surface area contributed by atoms with E-state index in [0.29, 0.717) is 49.7 Å². The lowest BCUT2D eigenvalue weighted by Gasteiger charge is -2.54. The van der Waals surface area contributed by atoms with Crippen molar-refractivity contribution < 1.29 is 14.3 Å². The Morgan fingerprint density at radius 3 is 2.53 bits per heavy atom. The molecule has 0 aliphatic carbocycles. The summed E-state index contributed by atoms with van der Waals surface area (Å²) in [6.07, 6.45) is 1.69. The first-order valence-corrected chi connectivity index (χ1v) is 12.6. The fourth-order valence-corrected chi connectivity index (χ4v) is 5.89. The van der Waals surface area contributed by atoms with Crippen molar-refractivity contribution >= 4 is 11.7 Å². The van der Waals surface area contributed by atoms with Gasteiger partial charge in [-0.1, -0.05) is 18.2 Å². The monoisotopic (exact) mass is 514 g/mol. The molecule has 2 atom stereocenters. The van der Waals surface area contributed by atoms with Crippen molar-refractivity contribution in [2.45, 2.75) is 19.1 Å². The van der Waals surface area contributed by atoms with Gasteiger partial charge in [-0.3, -0.25) is 4.98 Å². The van der Waals surface area contributed by atoms with Gasteiger partial charge in [0.15, 0.2) is 0 Å². The van der Waals surface area contributed by atoms with Gasteiger partial charge >= 0.3 is 6.03 Å². The Morgan fingerprint density at radius 2 is 1.92 bits per heavy atom. The molecule has 8 nitrogen and oxygen atoms in total. The molecule has 5 rings (SSSR count). The molecule has 2 fully saturated rings. The maximum Gasteiger partial charge on any atom is 0.321 e. The molecular formula is C29H31FN6O2. The fraction of sp³-hybridized carbons (Fsp3) is 0.345. The first-order valence-electron chi connectivity index (χ1n) is 12.6. The Bertz CT molecular complexity index is 1370. The number of nitrogens with one attached hydrogen (secondary N) is 1. The third-order valence-corrected chi connectivity index (χ3v) is 7.70. The van der Waals surface area contributed by atoms with E-state index in [1.807, 2.05) is 31.3 Å². The lowest BCUT2D eigenvalue weighted by molar-refractivity contribution is -0.155. The summed E-state index contributed by atoms with van der Waals surface area (Å²) in [6.45, 7) is 3.98. The minimum atomic E-state index is -1.21. The average Bonchev–Trinajstić information content (AvgIpc) is 2.88. The number of nitrogens with zero attached hydrogens (tertiary/aromatic N) is 4. The maximum absolute atomic E-state index is 13.8. The van der Waals surface area contributed by atoms with Gasteiger partial charge in [0.05, 0.1) is 17.3 Å². The molecule has 9 heteroatoms. The van der Waals surface area contributed by atoms with Crippen LogP contribution in [0.4, 0.5) is 14.9 Å². The van der Waals surface area contributed by atoms with E-state index < -0.39 is 11.4 Å². The van der Waals surface area contributed by atoms with Gasteiger partial charge in [-0.15, -0.1) is 0 Å². The highest BCUT2D eigenvalue weighted by Gasteiger charge is 2.54. The molecule has 196 valence electrons. The number of hydrogen-bond acceptors (Lipinski definition) is 6. The Kier molecular flexibility index (Phi) is 6.88. The molecule has 2 aliphatic heterocycles. The van der Waals surface area contributed by atoms with E-state index in [2.05, 4.69) is 21.3 Å². The van der Waals surface area contributed by atoms with Crippen LogP contribution in [-0.4, -0.2) is 59.1 Å². The number of rotatable bonds is 4. The number of nitrogens with two attached hydrogens (primary N) is 1. The number of aryl methyl sites for hydroxylation is 1. The number of halogens is 1. The standard InChI is InChI=1S/C29H31FN6O2/c1-18-7-24(30)10-25(8-18)34-28(37)36-16-22-14-35(2)15-23(17-36)29(22,38)27-6-4-20(13-33-27)26-5-3-19(11-31)9-21(26)12-32/h3-10,13,22-23,38H,11,14-17,31H2,1-2H3,(H,34,37). The van der Waals surface area contributed by atoms with Gasteiger partial charge in [-0.2, -0.15) is 5.26 Å². The van der Waals surface area contributed by atoms with E-state index in [0.717, 1.165) is 22.3 Å². The zero-order chi connectivity index (χ0) is 27.0. The van der Waals surface area contributed by atoms with Crippen LogP contribution in [0.15, 0.2) is 54.7 Å². The molecule has 3 heterocycles. The third-order valence-electron chi connectivity index (χ3n) is 7.70. The van der Waals surface area contributed by atoms with Crippen molar-refractivity contribution in [1.82, 2.24) is 14.8 Å². The van der Waals surface area contributed by atoms with Crippen LogP contribution in [0.1, 0.15) is 22.4 Å². The summed E-state index contributed by atoms with van der Waals surface area (Å²) in [5, 5.41) is 24.5. The zero-order valence-corrected chi connectivity index (χ0v) is 21.5. The predicted molar refractivity (Wildman–Crippen MR) is 142 cm³/mol. The number of hydrogen-bond donors (Lipinski definition) is 3. The van der Waals surface area contributed by atoms with Crippen LogP contribution in [0.25, 0.3) is 11.1 Å². The van der Waals surface area contributed by atoms with Crippen LogP contribution in [0.3, 0.4) is 0 Å². The Hall–Kier alpha value is -3.84.